The first kappa shape index (κ1) is 19.5. The lowest BCUT2D eigenvalue weighted by Crippen LogP contribution is -2.51. The van der Waals surface area contributed by atoms with E-state index in [-0.39, 0.29) is 6.04 Å². The van der Waals surface area contributed by atoms with E-state index in [1.165, 1.54) is 10.6 Å². The van der Waals surface area contributed by atoms with Gasteiger partial charge in [-0.3, -0.25) is 9.69 Å². The molecule has 1 saturated heterocycles. The van der Waals surface area contributed by atoms with Crippen molar-refractivity contribution in [2.75, 3.05) is 32.4 Å². The van der Waals surface area contributed by atoms with Crippen LogP contribution in [0.25, 0.3) is 10.9 Å². The number of nitrogens with zero attached hydrogens (tertiary/aromatic N) is 4. The quantitative estimate of drug-likeness (QED) is 0.726. The van der Waals surface area contributed by atoms with Crippen LogP contribution in [0.4, 0.5) is 0 Å². The van der Waals surface area contributed by atoms with Crippen LogP contribution in [0.1, 0.15) is 28.5 Å². The number of aldehydes is 1. The van der Waals surface area contributed by atoms with Crippen LogP contribution in [0.2, 0.25) is 0 Å². The van der Waals surface area contributed by atoms with E-state index in [0.29, 0.717) is 44.0 Å². The Labute approximate surface area is 159 Å². The molecule has 0 aliphatic carbocycles. The molecule has 7 nitrogen and oxygen atoms in total. The Morgan fingerprint density at radius 3 is 2.48 bits per heavy atom. The molecule has 1 fully saturated rings. The fraction of sp³-hybridized carbons (Fsp3) is 0.474. The Kier molecular flexibility index (Phi) is 5.38. The number of rotatable bonds is 5. The Bertz CT molecular complexity index is 1010. The van der Waals surface area contributed by atoms with Crippen LogP contribution in [-0.2, 0) is 16.6 Å². The zero-order valence-corrected chi connectivity index (χ0v) is 16.7. The summed E-state index contributed by atoms with van der Waals surface area (Å²) in [4.78, 5) is 13.4. The molecule has 0 saturated carbocycles. The van der Waals surface area contributed by atoms with Crippen LogP contribution in [0.3, 0.4) is 0 Å². The number of piperazine rings is 1. The van der Waals surface area contributed by atoms with Crippen LogP contribution >= 0.6 is 0 Å². The Balaban J connectivity index is 1.83. The molecule has 1 atom stereocenters. The van der Waals surface area contributed by atoms with Crippen molar-refractivity contribution in [3.8, 4) is 6.07 Å². The van der Waals surface area contributed by atoms with Crippen molar-refractivity contribution in [2.24, 2.45) is 0 Å². The van der Waals surface area contributed by atoms with Gasteiger partial charge in [0.25, 0.3) is 0 Å². The van der Waals surface area contributed by atoms with E-state index in [1.807, 2.05) is 23.6 Å². The van der Waals surface area contributed by atoms with Crippen LogP contribution in [-0.4, -0.2) is 67.0 Å². The molecule has 0 radical (unpaired) electrons. The third kappa shape index (κ3) is 3.76. The minimum absolute atomic E-state index is 0.153. The monoisotopic (exact) mass is 388 g/mol. The fourth-order valence-corrected chi connectivity index (χ4v) is 4.59. The first-order chi connectivity index (χ1) is 12.8. The fourth-order valence-electron chi connectivity index (χ4n) is 3.77. The topological polar surface area (TPSA) is 86.4 Å². The van der Waals surface area contributed by atoms with Gasteiger partial charge in [-0.1, -0.05) is 0 Å². The number of nitriles is 1. The second-order valence-electron chi connectivity index (χ2n) is 7.13. The number of carbonyl (C=O) groups is 1. The van der Waals surface area contributed by atoms with Gasteiger partial charge in [-0.25, -0.2) is 8.42 Å². The van der Waals surface area contributed by atoms with Gasteiger partial charge < -0.3 is 4.57 Å². The van der Waals surface area contributed by atoms with Gasteiger partial charge in [0.2, 0.25) is 10.0 Å². The molecule has 3 rings (SSSR count). The third-order valence-corrected chi connectivity index (χ3v) is 6.75. The molecule has 0 bridgehead atoms. The molecule has 2 aromatic rings. The normalized spacial score (nSPS) is 17.7. The molecule has 2 heterocycles. The first-order valence-corrected chi connectivity index (χ1v) is 10.8. The number of hydrogen-bond donors (Lipinski definition) is 0. The van der Waals surface area contributed by atoms with Gasteiger partial charge in [0.05, 0.1) is 6.26 Å². The SMILES string of the molecule is Cc1c(C=O)ccc2c1cc(C#N)n2C[C@H](C)N1CCN(S(C)(=O)=O)CC1. The zero-order chi connectivity index (χ0) is 19.8. The second-order valence-corrected chi connectivity index (χ2v) is 9.11. The molecule has 0 unspecified atom stereocenters. The molecule has 8 heteroatoms. The molecule has 1 aliphatic heterocycles. The van der Waals surface area contributed by atoms with Crippen LogP contribution < -0.4 is 0 Å². The molecule has 27 heavy (non-hydrogen) atoms. The summed E-state index contributed by atoms with van der Waals surface area (Å²) in [5.41, 5.74) is 3.02. The van der Waals surface area contributed by atoms with E-state index >= 15 is 0 Å². The molecular weight excluding hydrogens is 364 g/mol. The van der Waals surface area contributed by atoms with Gasteiger partial charge >= 0.3 is 0 Å². The summed E-state index contributed by atoms with van der Waals surface area (Å²) < 4.78 is 26.8. The molecule has 0 amide bonds. The largest absolute Gasteiger partial charge is 0.331 e. The number of aryl methyl sites for hydroxylation is 1. The van der Waals surface area contributed by atoms with Crippen molar-refractivity contribution in [1.29, 1.82) is 5.26 Å². The lowest BCUT2D eigenvalue weighted by Gasteiger charge is -2.37. The Morgan fingerprint density at radius 2 is 1.93 bits per heavy atom. The van der Waals surface area contributed by atoms with E-state index in [0.717, 1.165) is 22.8 Å². The standard InChI is InChI=1S/C19H24N4O3S/c1-14(21-6-8-22(9-7-21)27(3,25)26)12-23-17(11-20)10-18-15(2)16(13-24)4-5-19(18)23/h4-5,10,13-14H,6-9,12H2,1-3H3/t14-/m0/s1. The highest BCUT2D eigenvalue weighted by atomic mass is 32.2. The van der Waals surface area contributed by atoms with Gasteiger partial charge in [-0.2, -0.15) is 9.57 Å². The number of hydrogen-bond acceptors (Lipinski definition) is 5. The van der Waals surface area contributed by atoms with Crippen molar-refractivity contribution in [3.63, 3.8) is 0 Å². The maximum absolute atomic E-state index is 11.7. The van der Waals surface area contributed by atoms with Crippen molar-refractivity contribution in [3.05, 3.63) is 35.0 Å². The molecule has 1 aromatic heterocycles. The summed E-state index contributed by atoms with van der Waals surface area (Å²) in [5.74, 6) is 0. The molecule has 1 aromatic carbocycles. The van der Waals surface area contributed by atoms with E-state index in [9.17, 15) is 18.5 Å². The van der Waals surface area contributed by atoms with Crippen LogP contribution in [0.15, 0.2) is 18.2 Å². The van der Waals surface area contributed by atoms with Gasteiger partial charge in [0, 0.05) is 55.2 Å². The molecule has 1 aliphatic rings. The number of benzene rings is 1. The van der Waals surface area contributed by atoms with Gasteiger partial charge in [0.1, 0.15) is 18.0 Å². The Hall–Kier alpha value is -2.21. The minimum atomic E-state index is -3.15. The van der Waals surface area contributed by atoms with Gasteiger partial charge in [-0.15, -0.1) is 0 Å². The first-order valence-electron chi connectivity index (χ1n) is 8.93. The van der Waals surface area contributed by atoms with Crippen molar-refractivity contribution in [2.45, 2.75) is 26.4 Å². The predicted octanol–water partition coefficient (Wildman–Crippen LogP) is 1.60. The van der Waals surface area contributed by atoms with E-state index in [4.69, 9.17) is 0 Å². The van der Waals surface area contributed by atoms with Gasteiger partial charge in [0.15, 0.2) is 0 Å². The lowest BCUT2D eigenvalue weighted by atomic mass is 10.1. The van der Waals surface area contributed by atoms with E-state index in [1.54, 1.807) is 6.07 Å². The summed E-state index contributed by atoms with van der Waals surface area (Å²) in [5, 5.41) is 10.5. The molecule has 144 valence electrons. The van der Waals surface area contributed by atoms with E-state index in [2.05, 4.69) is 17.9 Å². The Morgan fingerprint density at radius 1 is 1.26 bits per heavy atom. The number of aromatic nitrogens is 1. The number of fused-ring (bicyclic) bond motifs is 1. The van der Waals surface area contributed by atoms with Crippen molar-refractivity contribution in [1.82, 2.24) is 13.8 Å². The maximum Gasteiger partial charge on any atom is 0.211 e. The molecule has 0 spiro atoms. The number of sulfonamides is 1. The van der Waals surface area contributed by atoms with Crippen molar-refractivity contribution < 1.29 is 13.2 Å². The third-order valence-electron chi connectivity index (χ3n) is 5.45. The maximum atomic E-state index is 11.7. The molecule has 0 N–H and O–H groups in total. The number of carbonyl (C=O) groups excluding carboxylic acids is 1. The highest BCUT2D eigenvalue weighted by Crippen LogP contribution is 2.26. The average molecular weight is 388 g/mol. The molecular formula is C19H24N4O3S. The van der Waals surface area contributed by atoms with Crippen LogP contribution in [0.5, 0.6) is 0 Å². The smallest absolute Gasteiger partial charge is 0.211 e. The minimum Gasteiger partial charge on any atom is -0.331 e. The van der Waals surface area contributed by atoms with Gasteiger partial charge in [-0.05, 0) is 37.6 Å². The highest BCUT2D eigenvalue weighted by molar-refractivity contribution is 7.88. The lowest BCUT2D eigenvalue weighted by molar-refractivity contribution is 0.112. The average Bonchev–Trinajstić information content (AvgIpc) is 3.00. The summed E-state index contributed by atoms with van der Waals surface area (Å²) >= 11 is 0. The second kappa shape index (κ2) is 7.43. The summed E-state index contributed by atoms with van der Waals surface area (Å²) in [6, 6.07) is 7.93. The summed E-state index contributed by atoms with van der Waals surface area (Å²) in [6.45, 7) is 6.94. The van der Waals surface area contributed by atoms with E-state index < -0.39 is 10.0 Å². The highest BCUT2D eigenvalue weighted by Gasteiger charge is 2.26. The van der Waals surface area contributed by atoms with Crippen LogP contribution in [0, 0.1) is 18.3 Å². The zero-order valence-electron chi connectivity index (χ0n) is 15.8. The summed E-state index contributed by atoms with van der Waals surface area (Å²) in [6.07, 6.45) is 2.08. The summed E-state index contributed by atoms with van der Waals surface area (Å²) in [7, 11) is -3.15. The van der Waals surface area contributed by atoms with Crippen molar-refractivity contribution >= 4 is 27.2 Å². The predicted molar refractivity (Wildman–Crippen MR) is 104 cm³/mol.